The molecule has 0 aliphatic carbocycles. The van der Waals surface area contributed by atoms with E-state index in [1.54, 1.807) is 19.2 Å². The normalized spacial score (nSPS) is 12.0. The molecule has 0 atom stereocenters. The van der Waals surface area contributed by atoms with Crippen molar-refractivity contribution in [2.24, 2.45) is 9.98 Å². The predicted molar refractivity (Wildman–Crippen MR) is 102 cm³/mol. The van der Waals surface area contributed by atoms with Crippen molar-refractivity contribution in [2.75, 3.05) is 13.6 Å². The smallest absolute Gasteiger partial charge is 0.322 e. The lowest BCUT2D eigenvalue weighted by Gasteiger charge is -2.09. The number of amidine groups is 1. The summed E-state index contributed by atoms with van der Waals surface area (Å²) >= 11 is 0. The Morgan fingerprint density at radius 2 is 2.12 bits per heavy atom. The number of likely N-dealkylation sites (N-methyl/N-ethyl adjacent to an activating group) is 2. The topological polar surface area (TPSA) is 105 Å². The maximum atomic E-state index is 11.7. The van der Waals surface area contributed by atoms with E-state index in [9.17, 15) is 9.59 Å². The number of nitrogens with one attached hydrogen (secondary N) is 2. The molecule has 0 radical (unpaired) electrons. The Balaban J connectivity index is 3.09. The molecule has 1 heterocycles. The number of hydrogen-bond acceptors (Lipinski definition) is 5. The zero-order valence-corrected chi connectivity index (χ0v) is 15.4. The number of pyridine rings is 1. The van der Waals surface area contributed by atoms with Crippen molar-refractivity contribution in [3.8, 4) is 5.75 Å². The Hall–Kier alpha value is -3.29. The third-order valence-electron chi connectivity index (χ3n) is 3.26. The highest BCUT2D eigenvalue weighted by molar-refractivity contribution is 5.96. The number of nitrogens with zero attached hydrogens (tertiary/aromatic N) is 3. The van der Waals surface area contributed by atoms with E-state index in [1.165, 1.54) is 25.4 Å². The van der Waals surface area contributed by atoms with Gasteiger partial charge in [-0.05, 0) is 39.1 Å². The quantitative estimate of drug-likeness (QED) is 0.458. The van der Waals surface area contributed by atoms with Crippen LogP contribution in [0.2, 0.25) is 0 Å². The van der Waals surface area contributed by atoms with E-state index >= 15 is 0 Å². The highest BCUT2D eigenvalue weighted by atomic mass is 16.5. The Kier molecular flexibility index (Phi) is 8.42. The van der Waals surface area contributed by atoms with E-state index in [0.29, 0.717) is 17.9 Å². The van der Waals surface area contributed by atoms with E-state index in [-0.39, 0.29) is 23.5 Å². The molecule has 0 aliphatic heterocycles. The van der Waals surface area contributed by atoms with Crippen LogP contribution in [0.1, 0.15) is 25.0 Å². The van der Waals surface area contributed by atoms with E-state index in [4.69, 9.17) is 4.74 Å². The molecule has 0 aliphatic rings. The number of hydrogen-bond donors (Lipinski definition) is 2. The molecule has 1 aromatic rings. The number of rotatable bonds is 6. The van der Waals surface area contributed by atoms with Crippen molar-refractivity contribution in [3.63, 3.8) is 0 Å². The summed E-state index contributed by atoms with van der Waals surface area (Å²) in [6.45, 7) is 9.28. The van der Waals surface area contributed by atoms with Gasteiger partial charge in [-0.15, -0.1) is 0 Å². The van der Waals surface area contributed by atoms with Gasteiger partial charge in [-0.1, -0.05) is 6.08 Å². The summed E-state index contributed by atoms with van der Waals surface area (Å²) < 4.78 is 5.62. The van der Waals surface area contributed by atoms with Gasteiger partial charge >= 0.3 is 6.02 Å². The van der Waals surface area contributed by atoms with E-state index < -0.39 is 0 Å². The first-order valence-corrected chi connectivity index (χ1v) is 7.98. The van der Waals surface area contributed by atoms with Crippen LogP contribution in [-0.2, 0) is 9.59 Å². The second-order valence-electron chi connectivity index (χ2n) is 4.99. The van der Waals surface area contributed by atoms with Gasteiger partial charge in [0.15, 0.2) is 5.75 Å². The molecule has 2 amide bonds. The molecule has 8 heteroatoms. The molecule has 8 nitrogen and oxygen atoms in total. The average molecular weight is 357 g/mol. The lowest BCUT2D eigenvalue weighted by Crippen LogP contribution is -2.20. The predicted octanol–water partition coefficient (Wildman–Crippen LogP) is 1.62. The Labute approximate surface area is 152 Å². The molecule has 138 valence electrons. The monoisotopic (exact) mass is 357 g/mol. The van der Waals surface area contributed by atoms with Crippen molar-refractivity contribution in [1.29, 1.82) is 0 Å². The molecular formula is C18H23N5O3. The van der Waals surface area contributed by atoms with Crippen LogP contribution in [0.15, 0.2) is 40.2 Å². The molecule has 0 fully saturated rings. The molecule has 2 N–H and O–H groups in total. The molecule has 0 saturated carbocycles. The van der Waals surface area contributed by atoms with E-state index in [1.807, 2.05) is 13.8 Å². The second kappa shape index (κ2) is 10.5. The first-order chi connectivity index (χ1) is 12.5. The van der Waals surface area contributed by atoms with Crippen LogP contribution in [0.5, 0.6) is 5.75 Å². The van der Waals surface area contributed by atoms with E-state index in [0.717, 1.165) is 5.56 Å². The molecule has 0 aromatic carbocycles. The second-order valence-corrected chi connectivity index (χ2v) is 4.99. The lowest BCUT2D eigenvalue weighted by molar-refractivity contribution is -0.117. The first-order valence-electron chi connectivity index (χ1n) is 7.98. The van der Waals surface area contributed by atoms with Gasteiger partial charge in [-0.25, -0.2) is 4.99 Å². The third kappa shape index (κ3) is 5.97. The van der Waals surface area contributed by atoms with E-state index in [2.05, 4.69) is 32.3 Å². The van der Waals surface area contributed by atoms with Crippen LogP contribution < -0.4 is 15.4 Å². The molecule has 0 unspecified atom stereocenters. The van der Waals surface area contributed by atoms with Crippen LogP contribution in [0.25, 0.3) is 6.08 Å². The standard InChI is InChI=1S/C18H23N5O3/c1-6-14(17(25)19-4)23-18(20-5)26-15-11-21-10-13(12(15)3)8-9-16(24)22-7-2/h6,8-11H,5,7H2,1-4H3,(H,19,25)(H,22,24)/b9-8+,14-6-,23-18+. The Bertz CT molecular complexity index is 766. The summed E-state index contributed by atoms with van der Waals surface area (Å²) in [6.07, 6.45) is 7.69. The minimum atomic E-state index is -0.370. The van der Waals surface area contributed by atoms with Gasteiger partial charge in [0.2, 0.25) is 5.91 Å². The minimum Gasteiger partial charge on any atom is -0.422 e. The van der Waals surface area contributed by atoms with Crippen molar-refractivity contribution in [2.45, 2.75) is 20.8 Å². The number of aliphatic imine (C=N–C) groups is 2. The molecule has 0 saturated heterocycles. The molecule has 0 spiro atoms. The van der Waals surface area contributed by atoms with Gasteiger partial charge in [0.05, 0.1) is 6.20 Å². The fraction of sp³-hybridized carbons (Fsp3) is 0.278. The number of allylic oxidation sites excluding steroid dienone is 1. The molecule has 1 aromatic heterocycles. The lowest BCUT2D eigenvalue weighted by atomic mass is 10.1. The summed E-state index contributed by atoms with van der Waals surface area (Å²) in [7, 11) is 1.50. The van der Waals surface area contributed by atoms with Gasteiger partial charge in [-0.2, -0.15) is 4.99 Å². The van der Waals surface area contributed by atoms with Crippen LogP contribution in [-0.4, -0.2) is 43.1 Å². The zero-order valence-electron chi connectivity index (χ0n) is 15.4. The molecule has 0 bridgehead atoms. The Morgan fingerprint density at radius 1 is 1.38 bits per heavy atom. The maximum Gasteiger partial charge on any atom is 0.322 e. The third-order valence-corrected chi connectivity index (χ3v) is 3.26. The van der Waals surface area contributed by atoms with Crippen LogP contribution in [0.3, 0.4) is 0 Å². The average Bonchev–Trinajstić information content (AvgIpc) is 2.65. The number of aromatic nitrogens is 1. The van der Waals surface area contributed by atoms with Gasteiger partial charge in [0.1, 0.15) is 5.70 Å². The zero-order chi connectivity index (χ0) is 19.5. The number of amides is 2. The minimum absolute atomic E-state index is 0.0866. The summed E-state index contributed by atoms with van der Waals surface area (Å²) in [5.74, 6) is -0.177. The van der Waals surface area contributed by atoms with Crippen molar-refractivity contribution in [1.82, 2.24) is 15.6 Å². The highest BCUT2D eigenvalue weighted by Gasteiger charge is 2.11. The van der Waals surface area contributed by atoms with Gasteiger partial charge in [0.25, 0.3) is 5.91 Å². The fourth-order valence-electron chi connectivity index (χ4n) is 1.86. The summed E-state index contributed by atoms with van der Waals surface area (Å²) in [5, 5.41) is 5.15. The molecular weight excluding hydrogens is 334 g/mol. The SMILES string of the molecule is C=N/C(=N\C(=C/C)C(=O)NC)Oc1cncc(/C=C/C(=O)NCC)c1C. The molecule has 26 heavy (non-hydrogen) atoms. The summed E-state index contributed by atoms with van der Waals surface area (Å²) in [4.78, 5) is 35.1. The van der Waals surface area contributed by atoms with Gasteiger partial charge in [0, 0.05) is 31.4 Å². The largest absolute Gasteiger partial charge is 0.422 e. The van der Waals surface area contributed by atoms with Crippen molar-refractivity contribution >= 4 is 30.6 Å². The highest BCUT2D eigenvalue weighted by Crippen LogP contribution is 2.21. The van der Waals surface area contributed by atoms with Gasteiger partial charge < -0.3 is 15.4 Å². The maximum absolute atomic E-state index is 11.7. The van der Waals surface area contributed by atoms with Crippen molar-refractivity contribution < 1.29 is 14.3 Å². The number of ether oxygens (including phenoxy) is 1. The van der Waals surface area contributed by atoms with Gasteiger partial charge in [-0.3, -0.25) is 14.6 Å². The fourth-order valence-corrected chi connectivity index (χ4v) is 1.86. The number of carbonyl (C=O) groups excluding carboxylic acids is 2. The molecule has 1 rings (SSSR count). The summed E-state index contributed by atoms with van der Waals surface area (Å²) in [5.41, 5.74) is 1.58. The Morgan fingerprint density at radius 3 is 2.69 bits per heavy atom. The van der Waals surface area contributed by atoms with Crippen LogP contribution in [0.4, 0.5) is 0 Å². The first kappa shape index (κ1) is 20.8. The summed E-state index contributed by atoms with van der Waals surface area (Å²) in [6, 6.07) is -0.0866. The van der Waals surface area contributed by atoms with Crippen LogP contribution >= 0.6 is 0 Å². The van der Waals surface area contributed by atoms with Crippen molar-refractivity contribution in [3.05, 3.63) is 41.4 Å². The number of carbonyl (C=O) groups is 2. The van der Waals surface area contributed by atoms with Crippen LogP contribution in [0, 0.1) is 6.92 Å².